The average molecular weight is 326 g/mol. The zero-order chi connectivity index (χ0) is 17.3. The molecule has 0 aliphatic rings. The summed E-state index contributed by atoms with van der Waals surface area (Å²) in [5.41, 5.74) is -2.24. The number of benzene rings is 2. The van der Waals surface area contributed by atoms with Gasteiger partial charge in [0.25, 0.3) is 5.56 Å². The van der Waals surface area contributed by atoms with Crippen LogP contribution in [0.1, 0.15) is 20.8 Å². The zero-order valence-corrected chi connectivity index (χ0v) is 12.0. The van der Waals surface area contributed by atoms with Crippen LogP contribution in [0.2, 0.25) is 0 Å². The molecular weight excluding hydrogens is 316 g/mol. The maximum absolute atomic E-state index is 12.2. The predicted octanol–water partition coefficient (Wildman–Crippen LogP) is 1.13. The molecule has 1 aromatic heterocycles. The van der Waals surface area contributed by atoms with Crippen LogP contribution in [0.25, 0.3) is 10.8 Å². The van der Waals surface area contributed by atoms with E-state index in [1.807, 2.05) is 4.98 Å². The van der Waals surface area contributed by atoms with E-state index in [0.717, 1.165) is 6.07 Å². The summed E-state index contributed by atoms with van der Waals surface area (Å²) in [7, 11) is 0. The smallest absolute Gasteiger partial charge is 0.360 e. The Balaban J connectivity index is 2.13. The van der Waals surface area contributed by atoms with Crippen LogP contribution < -0.4 is 16.0 Å². The van der Waals surface area contributed by atoms with E-state index in [1.54, 1.807) is 30.3 Å². The molecule has 3 rings (SSSR count). The molecule has 8 nitrogen and oxygen atoms in total. The number of ether oxygens (including phenoxy) is 1. The molecular formula is C16H10N2O6. The Morgan fingerprint density at radius 2 is 1.75 bits per heavy atom. The molecule has 0 saturated heterocycles. The molecule has 24 heavy (non-hydrogen) atoms. The molecule has 0 aliphatic heterocycles. The molecule has 0 radical (unpaired) electrons. The molecule has 3 N–H and O–H groups in total. The minimum atomic E-state index is -1.28. The molecule has 8 heteroatoms. The number of carboxylic acid groups (broad SMARTS) is 1. The monoisotopic (exact) mass is 326 g/mol. The van der Waals surface area contributed by atoms with Gasteiger partial charge in [-0.15, -0.1) is 0 Å². The summed E-state index contributed by atoms with van der Waals surface area (Å²) in [5, 5.41) is 10.4. The van der Waals surface area contributed by atoms with Crippen LogP contribution in [-0.4, -0.2) is 27.0 Å². The van der Waals surface area contributed by atoms with Gasteiger partial charge in [0.1, 0.15) is 11.3 Å². The highest BCUT2D eigenvalue weighted by atomic mass is 16.5. The highest BCUT2D eigenvalue weighted by Gasteiger charge is 2.19. The van der Waals surface area contributed by atoms with Crippen molar-refractivity contribution in [2.75, 3.05) is 0 Å². The van der Waals surface area contributed by atoms with E-state index < -0.39 is 23.2 Å². The van der Waals surface area contributed by atoms with Crippen LogP contribution in [0.15, 0.2) is 52.1 Å². The maximum Gasteiger partial charge on any atom is 0.360 e. The van der Waals surface area contributed by atoms with Crippen LogP contribution in [0.3, 0.4) is 0 Å². The number of fused-ring (bicyclic) bond motifs is 1. The van der Waals surface area contributed by atoms with Gasteiger partial charge in [-0.25, -0.2) is 14.4 Å². The van der Waals surface area contributed by atoms with Gasteiger partial charge in [0.15, 0.2) is 5.75 Å². The molecule has 0 aliphatic carbocycles. The van der Waals surface area contributed by atoms with Gasteiger partial charge in [-0.1, -0.05) is 30.3 Å². The van der Waals surface area contributed by atoms with E-state index in [9.17, 15) is 24.3 Å². The SMILES string of the molecule is O=C(Oc1c(C(=O)O)ccc2ccccc12)c1cc(=O)[nH]c(=O)[nH]1. The van der Waals surface area contributed by atoms with Gasteiger partial charge in [0.05, 0.1) is 0 Å². The Hall–Kier alpha value is -3.68. The minimum Gasteiger partial charge on any atom is -0.478 e. The van der Waals surface area contributed by atoms with Crippen molar-refractivity contribution in [1.29, 1.82) is 0 Å². The Morgan fingerprint density at radius 1 is 1.00 bits per heavy atom. The van der Waals surface area contributed by atoms with E-state index in [2.05, 4.69) is 4.98 Å². The number of esters is 1. The number of rotatable bonds is 3. The van der Waals surface area contributed by atoms with Crippen LogP contribution in [0.5, 0.6) is 5.75 Å². The van der Waals surface area contributed by atoms with Crippen LogP contribution in [-0.2, 0) is 0 Å². The fourth-order valence-electron chi connectivity index (χ4n) is 2.25. The first-order valence-corrected chi connectivity index (χ1v) is 6.76. The van der Waals surface area contributed by atoms with Gasteiger partial charge < -0.3 is 14.8 Å². The van der Waals surface area contributed by atoms with Crippen molar-refractivity contribution < 1.29 is 19.4 Å². The number of carbonyl (C=O) groups is 2. The standard InChI is InChI=1S/C16H10N2O6/c19-12-7-11(17-16(23)18-12)15(22)24-13-9-4-2-1-3-8(9)5-6-10(13)14(20)21/h1-7H,(H,20,21)(H2,17,18,19,23). The second-order valence-electron chi connectivity index (χ2n) is 4.86. The summed E-state index contributed by atoms with van der Waals surface area (Å²) in [6.07, 6.45) is 0. The highest BCUT2D eigenvalue weighted by molar-refractivity contribution is 6.03. The molecule has 0 bridgehead atoms. The summed E-state index contributed by atoms with van der Waals surface area (Å²) in [6.45, 7) is 0. The fraction of sp³-hybridized carbons (Fsp3) is 0. The number of H-pyrrole nitrogens is 2. The van der Waals surface area contributed by atoms with Gasteiger partial charge in [-0.05, 0) is 11.5 Å². The first kappa shape index (κ1) is 15.2. The second-order valence-corrected chi connectivity index (χ2v) is 4.86. The van der Waals surface area contributed by atoms with Gasteiger partial charge in [-0.3, -0.25) is 9.78 Å². The lowest BCUT2D eigenvalue weighted by Gasteiger charge is -2.10. The van der Waals surface area contributed by atoms with Gasteiger partial charge in [0, 0.05) is 11.5 Å². The lowest BCUT2D eigenvalue weighted by molar-refractivity contribution is 0.0681. The largest absolute Gasteiger partial charge is 0.478 e. The van der Waals surface area contributed by atoms with Gasteiger partial charge in [-0.2, -0.15) is 0 Å². The Labute approximate surface area is 133 Å². The number of aromatic carboxylic acids is 1. The highest BCUT2D eigenvalue weighted by Crippen LogP contribution is 2.30. The Bertz CT molecular complexity index is 1050. The van der Waals surface area contributed by atoms with E-state index in [0.29, 0.717) is 10.8 Å². The number of carboxylic acids is 1. The Kier molecular flexibility index (Phi) is 3.70. The molecule has 120 valence electrons. The van der Waals surface area contributed by atoms with Crippen LogP contribution in [0.4, 0.5) is 0 Å². The number of nitrogens with one attached hydrogen (secondary N) is 2. The minimum absolute atomic E-state index is 0.160. The number of aromatic nitrogens is 2. The lowest BCUT2D eigenvalue weighted by Crippen LogP contribution is -2.26. The summed E-state index contributed by atoms with van der Waals surface area (Å²) < 4.78 is 5.17. The molecule has 0 spiro atoms. The van der Waals surface area contributed by atoms with Crippen LogP contribution >= 0.6 is 0 Å². The number of carbonyl (C=O) groups excluding carboxylic acids is 1. The van der Waals surface area contributed by atoms with E-state index >= 15 is 0 Å². The lowest BCUT2D eigenvalue weighted by atomic mass is 10.1. The third-order valence-corrected chi connectivity index (χ3v) is 3.29. The second kappa shape index (κ2) is 5.84. The Morgan fingerprint density at radius 3 is 2.46 bits per heavy atom. The number of aromatic amines is 2. The molecule has 0 amide bonds. The topological polar surface area (TPSA) is 129 Å². The zero-order valence-electron chi connectivity index (χ0n) is 12.0. The van der Waals surface area contributed by atoms with Crippen molar-refractivity contribution in [2.45, 2.75) is 0 Å². The summed E-state index contributed by atoms with van der Waals surface area (Å²) in [4.78, 5) is 50.2. The molecule has 0 fully saturated rings. The summed E-state index contributed by atoms with van der Waals surface area (Å²) >= 11 is 0. The fourth-order valence-corrected chi connectivity index (χ4v) is 2.25. The third-order valence-electron chi connectivity index (χ3n) is 3.29. The molecule has 0 unspecified atom stereocenters. The molecule has 3 aromatic rings. The predicted molar refractivity (Wildman–Crippen MR) is 83.5 cm³/mol. The van der Waals surface area contributed by atoms with E-state index in [-0.39, 0.29) is 17.0 Å². The van der Waals surface area contributed by atoms with Crippen LogP contribution in [0, 0.1) is 0 Å². The van der Waals surface area contributed by atoms with Crippen molar-refractivity contribution in [3.05, 3.63) is 74.6 Å². The summed E-state index contributed by atoms with van der Waals surface area (Å²) in [6, 6.07) is 10.5. The first-order valence-electron chi connectivity index (χ1n) is 6.76. The van der Waals surface area contributed by atoms with Crippen molar-refractivity contribution in [2.24, 2.45) is 0 Å². The molecule has 2 aromatic carbocycles. The van der Waals surface area contributed by atoms with Gasteiger partial charge in [0.2, 0.25) is 0 Å². The molecule has 0 saturated carbocycles. The summed E-state index contributed by atoms with van der Waals surface area (Å²) in [5.74, 6) is -2.48. The van der Waals surface area contributed by atoms with E-state index in [1.165, 1.54) is 6.07 Å². The average Bonchev–Trinajstić information content (AvgIpc) is 2.53. The molecule has 1 heterocycles. The quantitative estimate of drug-likeness (QED) is 0.489. The normalized spacial score (nSPS) is 10.5. The van der Waals surface area contributed by atoms with E-state index in [4.69, 9.17) is 4.74 Å². The van der Waals surface area contributed by atoms with Crippen molar-refractivity contribution >= 4 is 22.7 Å². The van der Waals surface area contributed by atoms with Crippen molar-refractivity contribution in [3.63, 3.8) is 0 Å². The van der Waals surface area contributed by atoms with Crippen molar-refractivity contribution in [3.8, 4) is 5.75 Å². The number of hydrogen-bond acceptors (Lipinski definition) is 5. The van der Waals surface area contributed by atoms with Gasteiger partial charge >= 0.3 is 17.6 Å². The third kappa shape index (κ3) is 2.80. The first-order chi connectivity index (χ1) is 11.5. The molecule has 0 atom stereocenters. The number of hydrogen-bond donors (Lipinski definition) is 3. The van der Waals surface area contributed by atoms with Crippen molar-refractivity contribution in [1.82, 2.24) is 9.97 Å². The maximum atomic E-state index is 12.2.